The Morgan fingerprint density at radius 3 is 2.68 bits per heavy atom. The lowest BCUT2D eigenvalue weighted by molar-refractivity contribution is 0.0702. The summed E-state index contributed by atoms with van der Waals surface area (Å²) in [5.41, 5.74) is 0.555. The van der Waals surface area contributed by atoms with Gasteiger partial charge in [-0.1, -0.05) is 6.42 Å². The molecular formula is C20H24FN3O. The lowest BCUT2D eigenvalue weighted by Crippen LogP contribution is -2.40. The largest absolute Gasteiger partial charge is 0.338 e. The minimum atomic E-state index is -0.314. The Labute approximate surface area is 147 Å². The maximum absolute atomic E-state index is 13.1. The third-order valence-electron chi connectivity index (χ3n) is 5.59. The summed E-state index contributed by atoms with van der Waals surface area (Å²) in [6, 6.07) is 5.83. The molecule has 0 bridgehead atoms. The molecule has 4 nitrogen and oxygen atoms in total. The number of piperidine rings is 1. The molecule has 0 radical (unpaired) electrons. The van der Waals surface area contributed by atoms with Crippen molar-refractivity contribution in [2.24, 2.45) is 5.92 Å². The van der Waals surface area contributed by atoms with Crippen LogP contribution >= 0.6 is 0 Å². The number of amides is 1. The van der Waals surface area contributed by atoms with Gasteiger partial charge >= 0.3 is 0 Å². The molecule has 2 aliphatic rings. The van der Waals surface area contributed by atoms with E-state index in [1.165, 1.54) is 31.4 Å². The number of carbonyl (C=O) groups is 1. The van der Waals surface area contributed by atoms with Crippen molar-refractivity contribution in [2.45, 2.75) is 44.6 Å². The summed E-state index contributed by atoms with van der Waals surface area (Å²) in [5.74, 6) is 1.86. The Balaban J connectivity index is 1.46. The number of rotatable bonds is 4. The zero-order valence-corrected chi connectivity index (χ0v) is 14.4. The van der Waals surface area contributed by atoms with E-state index in [9.17, 15) is 9.18 Å². The Hall–Kier alpha value is -2.17. The van der Waals surface area contributed by atoms with Crippen LogP contribution in [-0.2, 0) is 6.54 Å². The summed E-state index contributed by atoms with van der Waals surface area (Å²) in [7, 11) is 0. The van der Waals surface area contributed by atoms with Crippen LogP contribution in [0.4, 0.5) is 4.39 Å². The van der Waals surface area contributed by atoms with Gasteiger partial charge in [0.05, 0.1) is 0 Å². The third-order valence-corrected chi connectivity index (χ3v) is 5.59. The van der Waals surface area contributed by atoms with Gasteiger partial charge in [-0.3, -0.25) is 4.79 Å². The minimum absolute atomic E-state index is 0.0122. The maximum atomic E-state index is 13.1. The molecule has 1 aliphatic heterocycles. The minimum Gasteiger partial charge on any atom is -0.338 e. The fourth-order valence-corrected chi connectivity index (χ4v) is 3.94. The lowest BCUT2D eigenvalue weighted by atomic mass is 9.85. The van der Waals surface area contributed by atoms with Gasteiger partial charge in [-0.15, -0.1) is 0 Å². The predicted molar refractivity (Wildman–Crippen MR) is 93.8 cm³/mol. The van der Waals surface area contributed by atoms with E-state index in [0.29, 0.717) is 12.1 Å². The van der Waals surface area contributed by atoms with Crippen LogP contribution in [0.25, 0.3) is 0 Å². The highest BCUT2D eigenvalue weighted by atomic mass is 19.1. The van der Waals surface area contributed by atoms with Crippen LogP contribution in [0, 0.1) is 11.7 Å². The molecule has 4 rings (SSSR count). The average Bonchev–Trinajstić information content (AvgIpc) is 3.07. The van der Waals surface area contributed by atoms with Gasteiger partial charge in [-0.05, 0) is 55.9 Å². The van der Waals surface area contributed by atoms with E-state index in [1.807, 2.05) is 11.1 Å². The molecule has 132 valence electrons. The highest BCUT2D eigenvalue weighted by Crippen LogP contribution is 2.31. The number of imidazole rings is 1. The van der Waals surface area contributed by atoms with Crippen LogP contribution in [0.1, 0.15) is 54.2 Å². The number of hydrogen-bond donors (Lipinski definition) is 0. The first-order valence-corrected chi connectivity index (χ1v) is 9.26. The maximum Gasteiger partial charge on any atom is 0.253 e. The van der Waals surface area contributed by atoms with Gasteiger partial charge in [-0.25, -0.2) is 9.37 Å². The predicted octanol–water partition coefficient (Wildman–Crippen LogP) is 3.84. The number of carbonyl (C=O) groups excluding carboxylic acids is 1. The van der Waals surface area contributed by atoms with Gasteiger partial charge in [0.25, 0.3) is 5.91 Å². The molecule has 2 fully saturated rings. The SMILES string of the molecule is O=C(c1ccc(F)cc1)N1CCC[C@@H](c2nccn2CC2CCC2)C1. The fraction of sp³-hybridized carbons (Fsp3) is 0.500. The second-order valence-electron chi connectivity index (χ2n) is 7.33. The molecule has 1 aromatic carbocycles. The Bertz CT molecular complexity index is 736. The Morgan fingerprint density at radius 2 is 1.96 bits per heavy atom. The van der Waals surface area contributed by atoms with Crippen LogP contribution in [-0.4, -0.2) is 33.4 Å². The van der Waals surface area contributed by atoms with E-state index >= 15 is 0 Å². The fourth-order valence-electron chi connectivity index (χ4n) is 3.94. The molecule has 5 heteroatoms. The molecule has 0 N–H and O–H groups in total. The van der Waals surface area contributed by atoms with Crippen LogP contribution in [0.2, 0.25) is 0 Å². The van der Waals surface area contributed by atoms with E-state index in [2.05, 4.69) is 15.7 Å². The van der Waals surface area contributed by atoms with E-state index in [1.54, 1.807) is 12.1 Å². The molecule has 1 aliphatic carbocycles. The van der Waals surface area contributed by atoms with Crippen molar-refractivity contribution >= 4 is 5.91 Å². The normalized spacial score (nSPS) is 21.2. The Morgan fingerprint density at radius 1 is 1.16 bits per heavy atom. The molecule has 25 heavy (non-hydrogen) atoms. The van der Waals surface area contributed by atoms with Crippen molar-refractivity contribution in [2.75, 3.05) is 13.1 Å². The molecule has 0 spiro atoms. The highest BCUT2D eigenvalue weighted by Gasteiger charge is 2.29. The molecule has 0 unspecified atom stereocenters. The molecular weight excluding hydrogens is 317 g/mol. The molecule has 1 saturated carbocycles. The standard InChI is InChI=1S/C20H24FN3O/c21-18-8-6-16(7-9-18)20(25)24-11-2-5-17(14-24)19-22-10-12-23(19)13-15-3-1-4-15/h6-10,12,15,17H,1-5,11,13-14H2/t17-/m1/s1. The quantitative estimate of drug-likeness (QED) is 0.847. The Kier molecular flexibility index (Phi) is 4.55. The summed E-state index contributed by atoms with van der Waals surface area (Å²) in [4.78, 5) is 19.2. The van der Waals surface area contributed by atoms with Crippen LogP contribution in [0.15, 0.2) is 36.7 Å². The smallest absolute Gasteiger partial charge is 0.253 e. The van der Waals surface area contributed by atoms with Crippen molar-refractivity contribution in [3.8, 4) is 0 Å². The van der Waals surface area contributed by atoms with Crippen molar-refractivity contribution < 1.29 is 9.18 Å². The highest BCUT2D eigenvalue weighted by molar-refractivity contribution is 5.94. The summed E-state index contributed by atoms with van der Waals surface area (Å²) >= 11 is 0. The summed E-state index contributed by atoms with van der Waals surface area (Å²) < 4.78 is 15.4. The summed E-state index contributed by atoms with van der Waals surface area (Å²) in [5, 5.41) is 0. The van der Waals surface area contributed by atoms with E-state index in [4.69, 9.17) is 0 Å². The summed E-state index contributed by atoms with van der Waals surface area (Å²) in [6.45, 7) is 2.51. The zero-order chi connectivity index (χ0) is 17.2. The average molecular weight is 341 g/mol. The van der Waals surface area contributed by atoms with E-state index in [-0.39, 0.29) is 17.6 Å². The molecule has 2 aromatic rings. The number of nitrogens with zero attached hydrogens (tertiary/aromatic N) is 3. The molecule has 2 heterocycles. The monoisotopic (exact) mass is 341 g/mol. The first-order chi connectivity index (χ1) is 12.2. The van der Waals surface area contributed by atoms with Gasteiger partial charge in [0, 0.05) is 43.5 Å². The second kappa shape index (κ2) is 6.98. The van der Waals surface area contributed by atoms with Crippen molar-refractivity contribution in [1.82, 2.24) is 14.5 Å². The van der Waals surface area contributed by atoms with Crippen molar-refractivity contribution in [3.63, 3.8) is 0 Å². The molecule has 1 atom stereocenters. The van der Waals surface area contributed by atoms with Crippen LogP contribution in [0.3, 0.4) is 0 Å². The van der Waals surface area contributed by atoms with Crippen molar-refractivity contribution in [1.29, 1.82) is 0 Å². The van der Waals surface area contributed by atoms with Crippen LogP contribution < -0.4 is 0 Å². The van der Waals surface area contributed by atoms with Crippen molar-refractivity contribution in [3.05, 3.63) is 53.9 Å². The molecule has 1 saturated heterocycles. The summed E-state index contributed by atoms with van der Waals surface area (Å²) in [6.07, 6.45) is 9.99. The number of aromatic nitrogens is 2. The molecule has 1 aromatic heterocycles. The van der Waals surface area contributed by atoms with Gasteiger partial charge in [0.1, 0.15) is 11.6 Å². The topological polar surface area (TPSA) is 38.1 Å². The number of likely N-dealkylation sites (tertiary alicyclic amines) is 1. The van der Waals surface area contributed by atoms with Gasteiger partial charge < -0.3 is 9.47 Å². The second-order valence-corrected chi connectivity index (χ2v) is 7.33. The molecule has 1 amide bonds. The van der Waals surface area contributed by atoms with Crippen LogP contribution in [0.5, 0.6) is 0 Å². The van der Waals surface area contributed by atoms with Gasteiger partial charge in [0.2, 0.25) is 0 Å². The van der Waals surface area contributed by atoms with Gasteiger partial charge in [0.15, 0.2) is 0 Å². The first-order valence-electron chi connectivity index (χ1n) is 9.26. The number of hydrogen-bond acceptors (Lipinski definition) is 2. The number of benzene rings is 1. The first kappa shape index (κ1) is 16.3. The van der Waals surface area contributed by atoms with Gasteiger partial charge in [-0.2, -0.15) is 0 Å². The lowest BCUT2D eigenvalue weighted by Gasteiger charge is -2.33. The van der Waals surface area contributed by atoms with E-state index < -0.39 is 0 Å². The zero-order valence-electron chi connectivity index (χ0n) is 14.4. The third kappa shape index (κ3) is 3.46. The van der Waals surface area contributed by atoms with E-state index in [0.717, 1.165) is 37.7 Å². The number of halogens is 1.